The zero-order valence-corrected chi connectivity index (χ0v) is 17.8. The highest BCUT2D eigenvalue weighted by Crippen LogP contribution is 2.45. The molecule has 1 aliphatic carbocycles. The number of ether oxygens (including phenoxy) is 2. The van der Waals surface area contributed by atoms with E-state index in [1.807, 2.05) is 43.3 Å². The Kier molecular flexibility index (Phi) is 6.28. The Labute approximate surface area is 182 Å². The number of esters is 1. The average Bonchev–Trinajstić information content (AvgIpc) is 2.79. The highest BCUT2D eigenvalue weighted by atomic mass is 16.6. The van der Waals surface area contributed by atoms with E-state index in [9.17, 15) is 9.59 Å². The fourth-order valence-corrected chi connectivity index (χ4v) is 4.41. The van der Waals surface area contributed by atoms with Crippen LogP contribution in [0.4, 0.5) is 0 Å². The summed E-state index contributed by atoms with van der Waals surface area (Å²) in [5.41, 5.74) is 4.42. The maximum Gasteiger partial charge on any atom is 0.336 e. The number of dihydropyridines is 1. The van der Waals surface area contributed by atoms with Crippen molar-refractivity contribution in [3.63, 3.8) is 0 Å². The maximum atomic E-state index is 13.4. The molecule has 6 nitrogen and oxygen atoms in total. The number of Topliss-reactive ketones (excluding diaryl/α,β-unsaturated/α-hetero) is 1. The summed E-state index contributed by atoms with van der Waals surface area (Å²) in [7, 11) is 1.55. The summed E-state index contributed by atoms with van der Waals surface area (Å²) in [6.07, 6.45) is 2.79. The molecule has 0 bridgehead atoms. The number of carbonyl (C=O) groups excluding carboxylic acids is 2. The number of allylic oxidation sites excluding steroid dienone is 3. The summed E-state index contributed by atoms with van der Waals surface area (Å²) in [6.45, 7) is 2.31. The Hall–Kier alpha value is -3.25. The number of ketones is 1. The van der Waals surface area contributed by atoms with E-state index in [2.05, 4.69) is 22.4 Å². The molecular weight excluding hydrogens is 392 g/mol. The van der Waals surface area contributed by atoms with Crippen molar-refractivity contribution in [2.45, 2.75) is 31.6 Å². The van der Waals surface area contributed by atoms with Gasteiger partial charge >= 0.3 is 5.97 Å². The summed E-state index contributed by atoms with van der Waals surface area (Å²) in [5.74, 6) is -0.862. The number of nitrogens with zero attached hydrogens (tertiary/aromatic N) is 1. The van der Waals surface area contributed by atoms with E-state index >= 15 is 0 Å². The molecule has 1 aliphatic heterocycles. The molecule has 2 aromatic rings. The number of pyridine rings is 1. The zero-order chi connectivity index (χ0) is 21.8. The van der Waals surface area contributed by atoms with Gasteiger partial charge in [0.2, 0.25) is 0 Å². The fraction of sp³-hybridized carbons (Fsp3) is 0.320. The number of hydrogen-bond acceptors (Lipinski definition) is 6. The van der Waals surface area contributed by atoms with E-state index in [4.69, 9.17) is 9.47 Å². The van der Waals surface area contributed by atoms with Crippen molar-refractivity contribution in [2.24, 2.45) is 0 Å². The van der Waals surface area contributed by atoms with Gasteiger partial charge in [0.15, 0.2) is 5.78 Å². The summed E-state index contributed by atoms with van der Waals surface area (Å²) >= 11 is 0. The zero-order valence-electron chi connectivity index (χ0n) is 17.8. The summed E-state index contributed by atoms with van der Waals surface area (Å²) < 4.78 is 10.4. The monoisotopic (exact) mass is 418 g/mol. The Morgan fingerprint density at radius 1 is 1.10 bits per heavy atom. The average molecular weight is 418 g/mol. The molecule has 4 rings (SSSR count). The van der Waals surface area contributed by atoms with Crippen LogP contribution in [0.5, 0.6) is 0 Å². The van der Waals surface area contributed by atoms with Gasteiger partial charge < -0.3 is 14.8 Å². The van der Waals surface area contributed by atoms with Crippen molar-refractivity contribution >= 4 is 11.8 Å². The molecule has 160 valence electrons. The van der Waals surface area contributed by atoms with Gasteiger partial charge in [0.05, 0.1) is 23.8 Å². The molecule has 0 saturated carbocycles. The first kappa shape index (κ1) is 21.0. The van der Waals surface area contributed by atoms with Crippen LogP contribution in [0, 0.1) is 0 Å². The molecule has 6 heteroatoms. The molecule has 2 aliphatic rings. The lowest BCUT2D eigenvalue weighted by atomic mass is 9.73. The van der Waals surface area contributed by atoms with E-state index in [0.717, 1.165) is 11.3 Å². The van der Waals surface area contributed by atoms with Crippen molar-refractivity contribution in [3.8, 4) is 0 Å². The number of methoxy groups -OCH3 is 1. The first-order valence-corrected chi connectivity index (χ1v) is 10.5. The van der Waals surface area contributed by atoms with Crippen molar-refractivity contribution in [3.05, 3.63) is 88.5 Å². The molecule has 2 atom stereocenters. The van der Waals surface area contributed by atoms with Crippen molar-refractivity contribution in [2.75, 3.05) is 20.3 Å². The lowest BCUT2D eigenvalue weighted by Crippen LogP contribution is -2.36. The summed E-state index contributed by atoms with van der Waals surface area (Å²) in [5, 5.41) is 3.35. The Balaban J connectivity index is 1.73. The van der Waals surface area contributed by atoms with Crippen molar-refractivity contribution in [1.82, 2.24) is 10.3 Å². The SMILES string of the molecule is COCCOC(=O)C1=C(C)NC2=C(C(=O)C[C@H](c3ccccc3)C2)[C@@H]1c1ccccn1. The minimum absolute atomic E-state index is 0.0351. The summed E-state index contributed by atoms with van der Waals surface area (Å²) in [4.78, 5) is 30.9. The van der Waals surface area contributed by atoms with Crippen LogP contribution in [-0.2, 0) is 19.1 Å². The second-order valence-corrected chi connectivity index (χ2v) is 7.81. The summed E-state index contributed by atoms with van der Waals surface area (Å²) in [6, 6.07) is 15.6. The number of nitrogens with one attached hydrogen (secondary N) is 1. The molecule has 2 heterocycles. The number of hydrogen-bond donors (Lipinski definition) is 1. The van der Waals surface area contributed by atoms with E-state index < -0.39 is 11.9 Å². The Morgan fingerprint density at radius 3 is 2.58 bits per heavy atom. The molecule has 0 saturated heterocycles. The Bertz CT molecular complexity index is 1030. The normalized spacial score (nSPS) is 20.9. The standard InChI is InChI=1S/C25H26N2O4/c1-16-22(25(29)31-13-12-30-2)24(19-10-6-7-11-26-19)23-20(27-16)14-18(15-21(23)28)17-8-4-3-5-9-17/h3-11,18,24,27H,12-15H2,1-2H3/t18-,24-/m1/s1. The van der Waals surface area contributed by atoms with E-state index in [1.54, 1.807) is 13.3 Å². The molecule has 0 radical (unpaired) electrons. The van der Waals surface area contributed by atoms with Crippen LogP contribution in [-0.4, -0.2) is 37.1 Å². The van der Waals surface area contributed by atoms with E-state index in [1.165, 1.54) is 0 Å². The first-order valence-electron chi connectivity index (χ1n) is 10.5. The molecule has 1 aromatic heterocycles. The lowest BCUT2D eigenvalue weighted by molar-refractivity contribution is -0.140. The minimum Gasteiger partial charge on any atom is -0.460 e. The third-order valence-corrected chi connectivity index (χ3v) is 5.82. The van der Waals surface area contributed by atoms with Gasteiger partial charge in [-0.15, -0.1) is 0 Å². The Morgan fingerprint density at radius 2 is 1.87 bits per heavy atom. The predicted octanol–water partition coefficient (Wildman–Crippen LogP) is 3.63. The van der Waals surface area contributed by atoms with Crippen molar-refractivity contribution in [1.29, 1.82) is 0 Å². The number of rotatable bonds is 6. The minimum atomic E-state index is -0.545. The first-order chi connectivity index (χ1) is 15.1. The third kappa shape index (κ3) is 4.30. The molecule has 0 amide bonds. The van der Waals surface area contributed by atoms with Gasteiger partial charge in [-0.3, -0.25) is 9.78 Å². The van der Waals surface area contributed by atoms with Crippen LogP contribution in [0.2, 0.25) is 0 Å². The van der Waals surface area contributed by atoms with Crippen LogP contribution in [0.15, 0.2) is 77.3 Å². The van der Waals surface area contributed by atoms with Gasteiger partial charge in [0.25, 0.3) is 0 Å². The third-order valence-electron chi connectivity index (χ3n) is 5.82. The largest absolute Gasteiger partial charge is 0.460 e. The molecule has 1 aromatic carbocycles. The van der Waals surface area contributed by atoms with Gasteiger partial charge in [-0.2, -0.15) is 0 Å². The van der Waals surface area contributed by atoms with Gasteiger partial charge in [0.1, 0.15) is 6.61 Å². The maximum absolute atomic E-state index is 13.4. The van der Waals surface area contributed by atoms with Crippen LogP contribution in [0.1, 0.15) is 42.9 Å². The molecule has 1 N–H and O–H groups in total. The van der Waals surface area contributed by atoms with Gasteiger partial charge in [-0.25, -0.2) is 4.79 Å². The highest BCUT2D eigenvalue weighted by molar-refractivity contribution is 6.04. The second kappa shape index (κ2) is 9.27. The van der Waals surface area contributed by atoms with Crippen molar-refractivity contribution < 1.29 is 19.1 Å². The van der Waals surface area contributed by atoms with Gasteiger partial charge in [-0.05, 0) is 37.0 Å². The second-order valence-electron chi connectivity index (χ2n) is 7.81. The highest BCUT2D eigenvalue weighted by Gasteiger charge is 2.41. The quantitative estimate of drug-likeness (QED) is 0.570. The van der Waals surface area contributed by atoms with E-state index in [0.29, 0.717) is 42.0 Å². The van der Waals surface area contributed by atoms with Crippen LogP contribution >= 0.6 is 0 Å². The molecule has 0 spiro atoms. The van der Waals surface area contributed by atoms with E-state index in [-0.39, 0.29) is 18.3 Å². The number of aromatic nitrogens is 1. The predicted molar refractivity (Wildman–Crippen MR) is 116 cm³/mol. The number of benzene rings is 1. The number of carbonyl (C=O) groups is 2. The molecular formula is C25H26N2O4. The lowest BCUT2D eigenvalue weighted by Gasteiger charge is -2.36. The fourth-order valence-electron chi connectivity index (χ4n) is 4.41. The molecule has 0 unspecified atom stereocenters. The van der Waals surface area contributed by atoms with Gasteiger partial charge in [0, 0.05) is 36.7 Å². The van der Waals surface area contributed by atoms with Crippen LogP contribution in [0.25, 0.3) is 0 Å². The molecule has 0 fully saturated rings. The van der Waals surface area contributed by atoms with Crippen LogP contribution in [0.3, 0.4) is 0 Å². The van der Waals surface area contributed by atoms with Crippen LogP contribution < -0.4 is 5.32 Å². The molecule has 31 heavy (non-hydrogen) atoms. The van der Waals surface area contributed by atoms with Gasteiger partial charge in [-0.1, -0.05) is 36.4 Å². The topological polar surface area (TPSA) is 77.5 Å². The smallest absolute Gasteiger partial charge is 0.336 e.